The minimum Gasteiger partial charge on any atom is -0.258 e. The summed E-state index contributed by atoms with van der Waals surface area (Å²) in [5.74, 6) is 0. The van der Waals surface area contributed by atoms with Crippen LogP contribution in [0.15, 0.2) is 18.2 Å². The topological polar surface area (TPSA) is 56.0 Å². The molecule has 0 radical (unpaired) electrons. The molecule has 0 aliphatic heterocycles. The molecule has 6 heteroatoms. The van der Waals surface area contributed by atoms with Crippen LogP contribution < -0.4 is 0 Å². The van der Waals surface area contributed by atoms with E-state index in [1.165, 1.54) is 17.4 Å². The summed E-state index contributed by atoms with van der Waals surface area (Å²) in [6.45, 7) is 1.89. The molecule has 0 saturated carbocycles. The molecule has 14 heavy (non-hydrogen) atoms. The number of nitro groups is 1. The minimum atomic E-state index is -0.394. The number of hydrogen-bond acceptors (Lipinski definition) is 4. The molecule has 0 aliphatic rings. The summed E-state index contributed by atoms with van der Waals surface area (Å²) in [5, 5.41) is 11.4. The maximum Gasteiger partial charge on any atom is 0.270 e. The first-order chi connectivity index (χ1) is 6.16. The molecule has 0 atom stereocenters. The van der Waals surface area contributed by atoms with E-state index in [-0.39, 0.29) is 29.7 Å². The Morgan fingerprint density at radius 1 is 1.50 bits per heavy atom. The lowest BCUT2D eigenvalue weighted by molar-refractivity contribution is -0.384. The van der Waals surface area contributed by atoms with Crippen molar-refractivity contribution in [2.75, 3.05) is 0 Å². The van der Waals surface area contributed by atoms with Gasteiger partial charge in [0.1, 0.15) is 0 Å². The van der Waals surface area contributed by atoms with Crippen molar-refractivity contribution >= 4 is 51.2 Å². The van der Waals surface area contributed by atoms with E-state index in [1.807, 2.05) is 6.92 Å². The van der Waals surface area contributed by atoms with Gasteiger partial charge in [0.15, 0.2) is 0 Å². The van der Waals surface area contributed by atoms with Crippen LogP contribution in [0.2, 0.25) is 0 Å². The fraction of sp³-hybridized carbons (Fsp3) is 0.125. The van der Waals surface area contributed by atoms with Crippen LogP contribution in [0.25, 0.3) is 10.2 Å². The molecule has 0 bridgehead atoms. The molecule has 0 spiro atoms. The smallest absolute Gasteiger partial charge is 0.258 e. The Morgan fingerprint density at radius 3 is 2.86 bits per heavy atom. The third kappa shape index (κ3) is 2.01. The van der Waals surface area contributed by atoms with E-state index < -0.39 is 4.92 Å². The molecule has 0 unspecified atom stereocenters. The van der Waals surface area contributed by atoms with Crippen LogP contribution in [-0.4, -0.2) is 9.91 Å². The summed E-state index contributed by atoms with van der Waals surface area (Å²) in [4.78, 5) is 14.3. The lowest BCUT2D eigenvalue weighted by atomic mass is 10.3. The van der Waals surface area contributed by atoms with Gasteiger partial charge in [-0.1, -0.05) is 0 Å². The number of aryl methyl sites for hydroxylation is 1. The van der Waals surface area contributed by atoms with Crippen LogP contribution in [0.5, 0.6) is 0 Å². The molecule has 0 amide bonds. The van der Waals surface area contributed by atoms with Gasteiger partial charge in [-0.25, -0.2) is 4.98 Å². The van der Waals surface area contributed by atoms with Crippen LogP contribution in [0.3, 0.4) is 0 Å². The van der Waals surface area contributed by atoms with Crippen LogP contribution in [0.4, 0.5) is 5.69 Å². The zero-order valence-corrected chi connectivity index (χ0v) is 10.4. The number of aromatic nitrogens is 1. The van der Waals surface area contributed by atoms with Gasteiger partial charge in [-0.3, -0.25) is 10.1 Å². The number of halogens is 1. The predicted octanol–water partition coefficient (Wildman–Crippen LogP) is 3.13. The molecule has 0 fully saturated rings. The molecule has 2 aromatic rings. The van der Waals surface area contributed by atoms with Crippen LogP contribution in [-0.2, 0) is 0 Å². The third-order valence-corrected chi connectivity index (χ3v) is 2.62. The highest BCUT2D eigenvalue weighted by Crippen LogP contribution is 2.25. The zero-order chi connectivity index (χ0) is 9.42. The summed E-state index contributed by atoms with van der Waals surface area (Å²) in [6.07, 6.45) is 0. The largest absolute Gasteiger partial charge is 0.270 e. The zero-order valence-electron chi connectivity index (χ0n) is 7.26. The Labute approximate surface area is 101 Å². The quantitative estimate of drug-likeness (QED) is 0.460. The molecule has 4 nitrogen and oxygen atoms in total. The Hall–Kier alpha value is -0.760. The van der Waals surface area contributed by atoms with Gasteiger partial charge in [0.25, 0.3) is 5.69 Å². The molecule has 2 rings (SSSR count). The van der Waals surface area contributed by atoms with Crippen molar-refractivity contribution < 1.29 is 4.92 Å². The highest BCUT2D eigenvalue weighted by molar-refractivity contribution is 14.0. The first-order valence-corrected chi connectivity index (χ1v) is 4.50. The molecule has 1 aromatic carbocycles. The lowest BCUT2D eigenvalue weighted by Gasteiger charge is -1.89. The number of nitrogens with zero attached hydrogens (tertiary/aromatic N) is 2. The molecule has 0 aliphatic carbocycles. The van der Waals surface area contributed by atoms with Gasteiger partial charge < -0.3 is 0 Å². The fourth-order valence-electron chi connectivity index (χ4n) is 1.14. The summed E-state index contributed by atoms with van der Waals surface area (Å²) < 4.78 is 0.867. The predicted molar refractivity (Wildman–Crippen MR) is 66.4 cm³/mol. The van der Waals surface area contributed by atoms with Gasteiger partial charge >= 0.3 is 0 Å². The summed E-state index contributed by atoms with van der Waals surface area (Å²) in [7, 11) is 0. The van der Waals surface area contributed by atoms with Crippen molar-refractivity contribution in [3.05, 3.63) is 33.3 Å². The van der Waals surface area contributed by atoms with Crippen molar-refractivity contribution in [2.45, 2.75) is 6.92 Å². The van der Waals surface area contributed by atoms with Crippen molar-refractivity contribution in [1.82, 2.24) is 4.98 Å². The van der Waals surface area contributed by atoms with Crippen molar-refractivity contribution in [3.63, 3.8) is 0 Å². The van der Waals surface area contributed by atoms with E-state index in [0.29, 0.717) is 0 Å². The minimum absolute atomic E-state index is 0. The average Bonchev–Trinajstić information content (AvgIpc) is 2.42. The molecular formula is C8H7IN2O2S. The monoisotopic (exact) mass is 322 g/mol. The van der Waals surface area contributed by atoms with E-state index in [1.54, 1.807) is 12.1 Å². The number of fused-ring (bicyclic) bond motifs is 1. The second-order valence-electron chi connectivity index (χ2n) is 2.64. The molecule has 0 N–H and O–H groups in total. The number of non-ortho nitro benzene ring substituents is 1. The van der Waals surface area contributed by atoms with E-state index in [9.17, 15) is 10.1 Å². The second-order valence-corrected chi connectivity index (χ2v) is 3.88. The van der Waals surface area contributed by atoms with Crippen molar-refractivity contribution in [2.24, 2.45) is 0 Å². The second kappa shape index (κ2) is 4.18. The van der Waals surface area contributed by atoms with E-state index in [0.717, 1.165) is 15.2 Å². The lowest BCUT2D eigenvalue weighted by Crippen LogP contribution is -1.85. The van der Waals surface area contributed by atoms with Crippen LogP contribution in [0, 0.1) is 17.0 Å². The van der Waals surface area contributed by atoms with Crippen LogP contribution in [0.1, 0.15) is 5.01 Å². The summed E-state index contributed by atoms with van der Waals surface area (Å²) in [5.41, 5.74) is 0.948. The third-order valence-electron chi connectivity index (χ3n) is 1.69. The normalized spacial score (nSPS) is 9.79. The van der Waals surface area contributed by atoms with E-state index in [2.05, 4.69) is 4.98 Å². The molecular weight excluding hydrogens is 315 g/mol. The Bertz CT molecular complexity index is 483. The van der Waals surface area contributed by atoms with Crippen LogP contribution >= 0.6 is 35.3 Å². The first kappa shape index (κ1) is 11.3. The number of rotatable bonds is 1. The van der Waals surface area contributed by atoms with Gasteiger partial charge in [-0.05, 0) is 13.0 Å². The van der Waals surface area contributed by atoms with Gasteiger partial charge in [0.2, 0.25) is 0 Å². The highest BCUT2D eigenvalue weighted by Gasteiger charge is 2.07. The molecule has 74 valence electrons. The Morgan fingerprint density at radius 2 is 2.21 bits per heavy atom. The Kier molecular flexibility index (Phi) is 3.38. The van der Waals surface area contributed by atoms with Gasteiger partial charge in [-0.15, -0.1) is 35.3 Å². The number of nitro benzene ring substituents is 1. The number of hydrogen-bond donors (Lipinski definition) is 0. The van der Waals surface area contributed by atoms with Gasteiger partial charge in [-0.2, -0.15) is 0 Å². The van der Waals surface area contributed by atoms with Gasteiger partial charge in [0, 0.05) is 12.1 Å². The fourth-order valence-corrected chi connectivity index (χ4v) is 2.00. The number of thiazole rings is 1. The molecule has 1 heterocycles. The van der Waals surface area contributed by atoms with Crippen molar-refractivity contribution in [3.8, 4) is 0 Å². The highest BCUT2D eigenvalue weighted by atomic mass is 127. The maximum absolute atomic E-state index is 10.4. The Balaban J connectivity index is 0.000000980. The number of benzene rings is 1. The van der Waals surface area contributed by atoms with E-state index >= 15 is 0 Å². The van der Waals surface area contributed by atoms with Gasteiger partial charge in [0.05, 0.1) is 20.1 Å². The molecule has 1 aromatic heterocycles. The molecule has 0 saturated heterocycles. The average molecular weight is 322 g/mol. The first-order valence-electron chi connectivity index (χ1n) is 3.68. The van der Waals surface area contributed by atoms with E-state index in [4.69, 9.17) is 0 Å². The SMILES string of the molecule is Cc1nc2ccc([N+](=O)[O-])cc2s1.I. The summed E-state index contributed by atoms with van der Waals surface area (Å²) >= 11 is 1.47. The maximum atomic E-state index is 10.4. The standard InChI is InChI=1S/C8H6N2O2S.HI/c1-5-9-7-3-2-6(10(11)12)4-8(7)13-5;/h2-4H,1H3;1H. The van der Waals surface area contributed by atoms with Crippen molar-refractivity contribution in [1.29, 1.82) is 0 Å². The summed E-state index contributed by atoms with van der Waals surface area (Å²) in [6, 6.07) is 4.71.